The predicted molar refractivity (Wildman–Crippen MR) is 181 cm³/mol. The molecule has 0 amide bonds. The summed E-state index contributed by atoms with van der Waals surface area (Å²) in [5.41, 5.74) is 10.3. The lowest BCUT2D eigenvalue weighted by Crippen LogP contribution is -1.91. The van der Waals surface area contributed by atoms with Gasteiger partial charge in [-0.05, 0) is 97.4 Å². The Labute approximate surface area is 251 Å². The van der Waals surface area contributed by atoms with Crippen molar-refractivity contribution in [3.8, 4) is 44.6 Å². The van der Waals surface area contributed by atoms with Crippen molar-refractivity contribution < 1.29 is 0 Å². The lowest BCUT2D eigenvalue weighted by molar-refractivity contribution is 1.19. The minimum atomic E-state index is 0.942. The average Bonchev–Trinajstić information content (AvgIpc) is 3.07. The molecule has 0 bridgehead atoms. The molecule has 0 aliphatic rings. The molecule has 0 radical (unpaired) electrons. The van der Waals surface area contributed by atoms with Crippen molar-refractivity contribution in [3.63, 3.8) is 0 Å². The van der Waals surface area contributed by atoms with Crippen LogP contribution in [0.25, 0.3) is 77.0 Å². The fourth-order valence-corrected chi connectivity index (χ4v) is 6.41. The molecule has 2 aromatic heterocycles. The molecular weight excluding hydrogens is 520 g/mol. The van der Waals surface area contributed by atoms with Gasteiger partial charge in [0.05, 0.1) is 5.69 Å². The molecule has 2 nitrogen and oxygen atoms in total. The van der Waals surface area contributed by atoms with Crippen LogP contribution in [-0.2, 0) is 0 Å². The Hall–Kier alpha value is -5.60. The van der Waals surface area contributed by atoms with E-state index in [2.05, 4.69) is 138 Å². The van der Waals surface area contributed by atoms with E-state index in [0.29, 0.717) is 0 Å². The number of benzene rings is 6. The summed E-state index contributed by atoms with van der Waals surface area (Å²) in [5, 5.41) is 7.52. The molecule has 0 saturated heterocycles. The van der Waals surface area contributed by atoms with Crippen LogP contribution in [0.3, 0.4) is 0 Å². The van der Waals surface area contributed by atoms with Gasteiger partial charge in [-0.1, -0.05) is 109 Å². The molecule has 0 aliphatic carbocycles. The quantitative estimate of drug-likeness (QED) is 0.204. The molecule has 0 N–H and O–H groups in total. The molecule has 2 heterocycles. The van der Waals surface area contributed by atoms with E-state index in [9.17, 15) is 0 Å². The smallest absolute Gasteiger partial charge is 0.0720 e. The van der Waals surface area contributed by atoms with Crippen LogP contribution in [0.15, 0.2) is 152 Å². The lowest BCUT2D eigenvalue weighted by atomic mass is 9.85. The second-order valence-electron chi connectivity index (χ2n) is 11.1. The van der Waals surface area contributed by atoms with Gasteiger partial charge in [-0.3, -0.25) is 9.97 Å². The summed E-state index contributed by atoms with van der Waals surface area (Å²) in [6, 6.07) is 50.2. The number of fused-ring (bicyclic) bond motifs is 3. The minimum absolute atomic E-state index is 0.942. The molecular formula is C41H28N2. The average molecular weight is 549 g/mol. The van der Waals surface area contributed by atoms with Crippen LogP contribution >= 0.6 is 0 Å². The van der Waals surface area contributed by atoms with Crippen molar-refractivity contribution >= 4 is 32.3 Å². The Kier molecular flexibility index (Phi) is 6.05. The SMILES string of the molecule is Cc1ncccc1-c1ccc(-c2ccc3cc(-c4c5ccccc5c(-c5ccccc5)c5ccccc45)ccc3c2)cn1. The first-order valence-electron chi connectivity index (χ1n) is 14.7. The molecule has 0 spiro atoms. The minimum Gasteiger partial charge on any atom is -0.261 e. The monoisotopic (exact) mass is 548 g/mol. The summed E-state index contributed by atoms with van der Waals surface area (Å²) < 4.78 is 0. The molecule has 202 valence electrons. The number of pyridine rings is 2. The summed E-state index contributed by atoms with van der Waals surface area (Å²) >= 11 is 0. The van der Waals surface area contributed by atoms with E-state index in [1.54, 1.807) is 0 Å². The molecule has 43 heavy (non-hydrogen) atoms. The second-order valence-corrected chi connectivity index (χ2v) is 11.1. The van der Waals surface area contributed by atoms with Crippen molar-refractivity contribution in [1.82, 2.24) is 9.97 Å². The summed E-state index contributed by atoms with van der Waals surface area (Å²) in [4.78, 5) is 9.18. The van der Waals surface area contributed by atoms with Gasteiger partial charge in [-0.15, -0.1) is 0 Å². The first kappa shape index (κ1) is 25.1. The molecule has 8 rings (SSSR count). The van der Waals surface area contributed by atoms with Gasteiger partial charge in [-0.2, -0.15) is 0 Å². The third-order valence-electron chi connectivity index (χ3n) is 8.50. The van der Waals surface area contributed by atoms with Gasteiger partial charge >= 0.3 is 0 Å². The van der Waals surface area contributed by atoms with Crippen LogP contribution in [0.2, 0.25) is 0 Å². The Morgan fingerprint density at radius 2 is 0.977 bits per heavy atom. The Balaban J connectivity index is 1.24. The van der Waals surface area contributed by atoms with Crippen molar-refractivity contribution in [2.75, 3.05) is 0 Å². The van der Waals surface area contributed by atoms with E-state index in [-0.39, 0.29) is 0 Å². The molecule has 0 fully saturated rings. The molecule has 2 heteroatoms. The summed E-state index contributed by atoms with van der Waals surface area (Å²) in [6.07, 6.45) is 3.78. The largest absolute Gasteiger partial charge is 0.261 e. The predicted octanol–water partition coefficient (Wildman–Crippen LogP) is 10.9. The summed E-state index contributed by atoms with van der Waals surface area (Å²) in [6.45, 7) is 2.02. The van der Waals surface area contributed by atoms with E-state index >= 15 is 0 Å². The Morgan fingerprint density at radius 3 is 1.58 bits per heavy atom. The maximum Gasteiger partial charge on any atom is 0.0720 e. The molecule has 0 atom stereocenters. The van der Waals surface area contributed by atoms with E-state index in [4.69, 9.17) is 4.98 Å². The fourth-order valence-electron chi connectivity index (χ4n) is 6.41. The van der Waals surface area contributed by atoms with Gasteiger partial charge in [-0.25, -0.2) is 0 Å². The number of aromatic nitrogens is 2. The van der Waals surface area contributed by atoms with Gasteiger partial charge in [0.2, 0.25) is 0 Å². The number of nitrogens with zero attached hydrogens (tertiary/aromatic N) is 2. The zero-order valence-corrected chi connectivity index (χ0v) is 23.8. The van der Waals surface area contributed by atoms with Crippen LogP contribution in [0.4, 0.5) is 0 Å². The van der Waals surface area contributed by atoms with Crippen molar-refractivity contribution in [2.45, 2.75) is 6.92 Å². The first-order chi connectivity index (χ1) is 21.2. The zero-order valence-electron chi connectivity index (χ0n) is 23.8. The van der Waals surface area contributed by atoms with Crippen LogP contribution in [0.5, 0.6) is 0 Å². The maximum atomic E-state index is 4.77. The zero-order chi connectivity index (χ0) is 28.8. The van der Waals surface area contributed by atoms with Gasteiger partial charge in [0.25, 0.3) is 0 Å². The highest BCUT2D eigenvalue weighted by Gasteiger charge is 2.16. The van der Waals surface area contributed by atoms with Crippen molar-refractivity contribution in [1.29, 1.82) is 0 Å². The van der Waals surface area contributed by atoms with Gasteiger partial charge in [0.1, 0.15) is 0 Å². The maximum absolute atomic E-state index is 4.77. The van der Waals surface area contributed by atoms with E-state index < -0.39 is 0 Å². The van der Waals surface area contributed by atoms with Crippen LogP contribution in [-0.4, -0.2) is 9.97 Å². The van der Waals surface area contributed by atoms with Crippen molar-refractivity contribution in [3.05, 3.63) is 158 Å². The topological polar surface area (TPSA) is 25.8 Å². The molecule has 0 saturated carbocycles. The third kappa shape index (κ3) is 4.36. The number of hydrogen-bond acceptors (Lipinski definition) is 2. The molecule has 6 aromatic carbocycles. The van der Waals surface area contributed by atoms with Gasteiger partial charge < -0.3 is 0 Å². The van der Waals surface area contributed by atoms with Crippen LogP contribution in [0.1, 0.15) is 5.69 Å². The third-order valence-corrected chi connectivity index (χ3v) is 8.50. The van der Waals surface area contributed by atoms with E-state index in [1.807, 2.05) is 25.4 Å². The highest BCUT2D eigenvalue weighted by molar-refractivity contribution is 6.21. The highest BCUT2D eigenvalue weighted by atomic mass is 14.7. The Bertz CT molecular complexity index is 2230. The van der Waals surface area contributed by atoms with E-state index in [1.165, 1.54) is 54.6 Å². The number of rotatable bonds is 4. The Morgan fingerprint density at radius 1 is 0.419 bits per heavy atom. The van der Waals surface area contributed by atoms with Crippen LogP contribution in [0, 0.1) is 6.92 Å². The van der Waals surface area contributed by atoms with Crippen LogP contribution < -0.4 is 0 Å². The van der Waals surface area contributed by atoms with Gasteiger partial charge in [0.15, 0.2) is 0 Å². The summed E-state index contributed by atoms with van der Waals surface area (Å²) in [5.74, 6) is 0. The summed E-state index contributed by atoms with van der Waals surface area (Å²) in [7, 11) is 0. The standard InChI is InChI=1S/C41H28N2/c1-27-34(16-9-23-42-27)39-22-21-33(26-43-39)31-18-17-30-25-32(20-19-29(30)24-31)41-37-14-7-5-12-35(37)40(28-10-3-2-4-11-28)36-13-6-8-15-38(36)41/h2-26H,1H3. The molecule has 8 aromatic rings. The second kappa shape index (κ2) is 10.3. The van der Waals surface area contributed by atoms with E-state index in [0.717, 1.165) is 28.1 Å². The van der Waals surface area contributed by atoms with Crippen molar-refractivity contribution in [2.24, 2.45) is 0 Å². The number of aryl methyl sites for hydroxylation is 1. The van der Waals surface area contributed by atoms with Gasteiger partial charge in [0, 0.05) is 29.2 Å². The first-order valence-corrected chi connectivity index (χ1v) is 14.7. The number of hydrogen-bond donors (Lipinski definition) is 0. The highest BCUT2D eigenvalue weighted by Crippen LogP contribution is 2.44. The molecule has 0 unspecified atom stereocenters. The lowest BCUT2D eigenvalue weighted by Gasteiger charge is -2.18. The fraction of sp³-hybridized carbons (Fsp3) is 0.0244. The normalized spacial score (nSPS) is 11.4. The molecule has 0 aliphatic heterocycles.